The lowest BCUT2D eigenvalue weighted by atomic mass is 9.85. The van der Waals surface area contributed by atoms with Gasteiger partial charge in [-0.2, -0.15) is 0 Å². The molecule has 0 radical (unpaired) electrons. The van der Waals surface area contributed by atoms with E-state index in [9.17, 15) is 4.79 Å². The van der Waals surface area contributed by atoms with Crippen molar-refractivity contribution in [1.82, 2.24) is 9.88 Å². The highest BCUT2D eigenvalue weighted by Gasteiger charge is 2.30. The van der Waals surface area contributed by atoms with E-state index in [1.807, 2.05) is 18.9 Å². The van der Waals surface area contributed by atoms with Gasteiger partial charge in [0.05, 0.1) is 0 Å². The Labute approximate surface area is 124 Å². The van der Waals surface area contributed by atoms with Gasteiger partial charge >= 0.3 is 0 Å². The summed E-state index contributed by atoms with van der Waals surface area (Å²) in [6.07, 6.45) is 4.76. The highest BCUT2D eigenvalue weighted by molar-refractivity contribution is 7.18. The van der Waals surface area contributed by atoms with Gasteiger partial charge in [-0.3, -0.25) is 4.79 Å². The Balaban J connectivity index is 2.13. The highest BCUT2D eigenvalue weighted by atomic mass is 32.1. The molecule has 5 nitrogen and oxygen atoms in total. The second kappa shape index (κ2) is 6.43. The summed E-state index contributed by atoms with van der Waals surface area (Å²) in [4.78, 5) is 19.2. The van der Waals surface area contributed by atoms with Crippen LogP contribution in [0.1, 0.15) is 49.2 Å². The summed E-state index contributed by atoms with van der Waals surface area (Å²) in [6, 6.07) is 0.320. The number of nitrogens with zero attached hydrogens (tertiary/aromatic N) is 2. The monoisotopic (exact) mass is 296 g/mol. The molecular formula is C14H24N4OS. The van der Waals surface area contributed by atoms with Gasteiger partial charge in [-0.1, -0.05) is 31.1 Å². The SMILES string of the molecule is CCNc1nc(N)c(C(=O)N(C)C2CCCCC2C)s1. The maximum Gasteiger partial charge on any atom is 0.267 e. The number of nitrogen functional groups attached to an aromatic ring is 1. The third kappa shape index (κ3) is 3.06. The van der Waals surface area contributed by atoms with Gasteiger partial charge in [-0.25, -0.2) is 4.98 Å². The Morgan fingerprint density at radius 2 is 2.20 bits per heavy atom. The molecule has 0 bridgehead atoms. The van der Waals surface area contributed by atoms with Crippen LogP contribution in [0.5, 0.6) is 0 Å². The standard InChI is InChI=1S/C14H24N4OS/c1-4-16-14-17-12(15)11(20-14)13(19)18(3)10-8-6-5-7-9(10)2/h9-10H,4-8,15H2,1-3H3,(H,16,17). The number of anilines is 2. The fourth-order valence-electron chi connectivity index (χ4n) is 2.89. The second-order valence-electron chi connectivity index (χ2n) is 5.51. The zero-order valence-corrected chi connectivity index (χ0v) is 13.3. The van der Waals surface area contributed by atoms with Crippen LogP contribution in [0.2, 0.25) is 0 Å². The van der Waals surface area contributed by atoms with Crippen molar-refractivity contribution in [2.24, 2.45) is 5.92 Å². The number of carbonyl (C=O) groups excluding carboxylic acids is 1. The number of hydrogen-bond donors (Lipinski definition) is 2. The molecule has 0 saturated heterocycles. The Morgan fingerprint density at radius 3 is 2.85 bits per heavy atom. The van der Waals surface area contributed by atoms with Gasteiger partial charge in [0.15, 0.2) is 5.13 Å². The lowest BCUT2D eigenvalue weighted by Gasteiger charge is -2.36. The molecule has 1 amide bonds. The Morgan fingerprint density at radius 1 is 1.50 bits per heavy atom. The average molecular weight is 296 g/mol. The van der Waals surface area contributed by atoms with E-state index in [0.717, 1.165) is 18.1 Å². The summed E-state index contributed by atoms with van der Waals surface area (Å²) in [7, 11) is 1.89. The smallest absolute Gasteiger partial charge is 0.267 e. The van der Waals surface area contributed by atoms with E-state index in [1.165, 1.54) is 30.6 Å². The van der Waals surface area contributed by atoms with Crippen molar-refractivity contribution in [3.8, 4) is 0 Å². The molecular weight excluding hydrogens is 272 g/mol. The van der Waals surface area contributed by atoms with Crippen molar-refractivity contribution in [1.29, 1.82) is 0 Å². The van der Waals surface area contributed by atoms with Crippen molar-refractivity contribution in [2.75, 3.05) is 24.6 Å². The number of nitrogens with one attached hydrogen (secondary N) is 1. The van der Waals surface area contributed by atoms with Crippen LogP contribution >= 0.6 is 11.3 Å². The minimum Gasteiger partial charge on any atom is -0.382 e. The van der Waals surface area contributed by atoms with Crippen LogP contribution in [0, 0.1) is 5.92 Å². The zero-order valence-electron chi connectivity index (χ0n) is 12.5. The second-order valence-corrected chi connectivity index (χ2v) is 6.51. The molecule has 3 N–H and O–H groups in total. The molecule has 1 aromatic heterocycles. The summed E-state index contributed by atoms with van der Waals surface area (Å²) < 4.78 is 0. The van der Waals surface area contributed by atoms with Crippen molar-refractivity contribution >= 4 is 28.2 Å². The molecule has 0 aromatic carbocycles. The predicted octanol–water partition coefficient (Wildman–Crippen LogP) is 2.81. The molecule has 1 aromatic rings. The van der Waals surface area contributed by atoms with Crippen molar-refractivity contribution in [3.63, 3.8) is 0 Å². The summed E-state index contributed by atoms with van der Waals surface area (Å²) in [5.41, 5.74) is 5.89. The largest absolute Gasteiger partial charge is 0.382 e. The van der Waals surface area contributed by atoms with Crippen LogP contribution < -0.4 is 11.1 Å². The Bertz CT molecular complexity index is 474. The van der Waals surface area contributed by atoms with Crippen molar-refractivity contribution < 1.29 is 4.79 Å². The van der Waals surface area contributed by atoms with Gasteiger partial charge in [0, 0.05) is 19.6 Å². The maximum absolute atomic E-state index is 12.6. The molecule has 2 rings (SSSR count). The van der Waals surface area contributed by atoms with E-state index in [1.54, 1.807) is 0 Å². The predicted molar refractivity (Wildman–Crippen MR) is 84.2 cm³/mol. The molecule has 0 aliphatic heterocycles. The molecule has 1 saturated carbocycles. The lowest BCUT2D eigenvalue weighted by Crippen LogP contribution is -2.42. The molecule has 1 aliphatic carbocycles. The Kier molecular flexibility index (Phi) is 4.86. The first kappa shape index (κ1) is 15.1. The summed E-state index contributed by atoms with van der Waals surface area (Å²) in [6.45, 7) is 5.00. The topological polar surface area (TPSA) is 71.2 Å². The van der Waals surface area contributed by atoms with Gasteiger partial charge in [0.25, 0.3) is 5.91 Å². The fourth-order valence-corrected chi connectivity index (χ4v) is 3.83. The number of carbonyl (C=O) groups is 1. The van der Waals surface area contributed by atoms with Crippen molar-refractivity contribution in [2.45, 2.75) is 45.6 Å². The molecule has 2 atom stereocenters. The molecule has 6 heteroatoms. The first-order valence-corrected chi connectivity index (χ1v) is 8.13. The fraction of sp³-hybridized carbons (Fsp3) is 0.714. The molecule has 112 valence electrons. The van der Waals surface area contributed by atoms with Gasteiger partial charge in [-0.05, 0) is 25.7 Å². The van der Waals surface area contributed by atoms with Gasteiger partial charge in [0.2, 0.25) is 0 Å². The first-order chi connectivity index (χ1) is 9.54. The van der Waals surface area contributed by atoms with Crippen LogP contribution in [0.15, 0.2) is 0 Å². The molecule has 1 aliphatic rings. The summed E-state index contributed by atoms with van der Waals surface area (Å²) >= 11 is 1.35. The first-order valence-electron chi connectivity index (χ1n) is 7.32. The average Bonchev–Trinajstić information content (AvgIpc) is 2.79. The summed E-state index contributed by atoms with van der Waals surface area (Å²) in [5.74, 6) is 0.897. The zero-order chi connectivity index (χ0) is 14.7. The van der Waals surface area contributed by atoms with Crippen molar-refractivity contribution in [3.05, 3.63) is 4.88 Å². The molecule has 0 spiro atoms. The van der Waals surface area contributed by atoms with E-state index in [-0.39, 0.29) is 5.91 Å². The highest BCUT2D eigenvalue weighted by Crippen LogP contribution is 2.31. The van der Waals surface area contributed by atoms with Gasteiger partial charge in [-0.15, -0.1) is 0 Å². The normalized spacial score (nSPS) is 22.6. The minimum atomic E-state index is 0.00269. The quantitative estimate of drug-likeness (QED) is 0.896. The van der Waals surface area contributed by atoms with Gasteiger partial charge < -0.3 is 16.0 Å². The number of aromatic nitrogens is 1. The van der Waals surface area contributed by atoms with Crippen LogP contribution in [0.25, 0.3) is 0 Å². The Hall–Kier alpha value is -1.30. The number of rotatable bonds is 4. The molecule has 2 unspecified atom stereocenters. The van der Waals surface area contributed by atoms with E-state index >= 15 is 0 Å². The van der Waals surface area contributed by atoms with Crippen LogP contribution in [0.3, 0.4) is 0 Å². The van der Waals surface area contributed by atoms with Crippen LogP contribution in [-0.2, 0) is 0 Å². The van der Waals surface area contributed by atoms with Crippen LogP contribution in [0.4, 0.5) is 10.9 Å². The molecule has 1 fully saturated rings. The lowest BCUT2D eigenvalue weighted by molar-refractivity contribution is 0.0634. The number of amides is 1. The molecule has 1 heterocycles. The van der Waals surface area contributed by atoms with E-state index in [4.69, 9.17) is 5.73 Å². The third-order valence-corrected chi connectivity index (χ3v) is 5.08. The molecule has 20 heavy (non-hydrogen) atoms. The van der Waals surface area contributed by atoms with Crippen LogP contribution in [-0.4, -0.2) is 35.4 Å². The third-order valence-electron chi connectivity index (χ3n) is 4.06. The number of nitrogens with two attached hydrogens (primary N) is 1. The van der Waals surface area contributed by atoms with Gasteiger partial charge in [0.1, 0.15) is 10.7 Å². The van der Waals surface area contributed by atoms with E-state index in [2.05, 4.69) is 17.2 Å². The summed E-state index contributed by atoms with van der Waals surface area (Å²) in [5, 5.41) is 3.83. The van der Waals surface area contributed by atoms with E-state index in [0.29, 0.717) is 22.7 Å². The minimum absolute atomic E-state index is 0.00269. The maximum atomic E-state index is 12.6. The number of hydrogen-bond acceptors (Lipinski definition) is 5. The van der Waals surface area contributed by atoms with E-state index < -0.39 is 0 Å². The number of thiazole rings is 1.